The Labute approximate surface area is 186 Å². The van der Waals surface area contributed by atoms with Crippen LogP contribution >= 0.6 is 27.5 Å². The Morgan fingerprint density at radius 3 is 2.53 bits per heavy atom. The van der Waals surface area contributed by atoms with E-state index in [1.54, 1.807) is 66.7 Å². The normalized spacial score (nSPS) is 10.6. The van der Waals surface area contributed by atoms with Crippen LogP contribution in [-0.4, -0.2) is 24.7 Å². The van der Waals surface area contributed by atoms with Gasteiger partial charge in [-0.1, -0.05) is 45.7 Å². The van der Waals surface area contributed by atoms with Crippen molar-refractivity contribution >= 4 is 45.6 Å². The zero-order valence-corrected chi connectivity index (χ0v) is 17.9. The van der Waals surface area contributed by atoms with Crippen LogP contribution in [0.25, 0.3) is 0 Å². The first-order chi connectivity index (χ1) is 14.5. The van der Waals surface area contributed by atoms with Crippen molar-refractivity contribution < 1.29 is 19.1 Å². The summed E-state index contributed by atoms with van der Waals surface area (Å²) in [5, 5.41) is 4.30. The lowest BCUT2D eigenvalue weighted by Gasteiger charge is -2.06. The van der Waals surface area contributed by atoms with Gasteiger partial charge in [-0.2, -0.15) is 5.10 Å². The van der Waals surface area contributed by atoms with E-state index in [0.29, 0.717) is 27.6 Å². The molecule has 3 rings (SSSR count). The van der Waals surface area contributed by atoms with Gasteiger partial charge in [0, 0.05) is 4.47 Å². The van der Waals surface area contributed by atoms with Crippen molar-refractivity contribution in [1.29, 1.82) is 0 Å². The summed E-state index contributed by atoms with van der Waals surface area (Å²) in [4.78, 5) is 23.9. The minimum Gasteiger partial charge on any atom is -0.482 e. The van der Waals surface area contributed by atoms with Crippen molar-refractivity contribution in [1.82, 2.24) is 5.43 Å². The van der Waals surface area contributed by atoms with Gasteiger partial charge >= 0.3 is 5.97 Å². The first-order valence-electron chi connectivity index (χ1n) is 8.78. The monoisotopic (exact) mass is 486 g/mol. The molecule has 0 saturated carbocycles. The van der Waals surface area contributed by atoms with Crippen LogP contribution in [0.15, 0.2) is 82.4 Å². The third-order valence-electron chi connectivity index (χ3n) is 3.75. The second-order valence-electron chi connectivity index (χ2n) is 5.98. The van der Waals surface area contributed by atoms with E-state index in [4.69, 9.17) is 21.1 Å². The summed E-state index contributed by atoms with van der Waals surface area (Å²) in [5.74, 6) is -0.0603. The SMILES string of the molecule is O=C(COc1ccccc1Cl)N/N=C\c1ccc(OC(=O)c2cccc(Br)c2)cc1. The van der Waals surface area contributed by atoms with Gasteiger partial charge in [-0.3, -0.25) is 4.79 Å². The lowest BCUT2D eigenvalue weighted by molar-refractivity contribution is -0.123. The smallest absolute Gasteiger partial charge is 0.343 e. The summed E-state index contributed by atoms with van der Waals surface area (Å²) in [6.45, 7) is -0.217. The second kappa shape index (κ2) is 10.6. The number of esters is 1. The predicted molar refractivity (Wildman–Crippen MR) is 118 cm³/mol. The molecule has 0 radical (unpaired) electrons. The van der Waals surface area contributed by atoms with E-state index in [-0.39, 0.29) is 6.61 Å². The topological polar surface area (TPSA) is 77.0 Å². The van der Waals surface area contributed by atoms with E-state index < -0.39 is 11.9 Å². The van der Waals surface area contributed by atoms with Gasteiger partial charge in [0.2, 0.25) is 0 Å². The number of nitrogens with one attached hydrogen (secondary N) is 1. The molecule has 1 amide bonds. The average molecular weight is 488 g/mol. The number of hydrazone groups is 1. The van der Waals surface area contributed by atoms with Crippen molar-refractivity contribution in [2.75, 3.05) is 6.61 Å². The lowest BCUT2D eigenvalue weighted by atomic mass is 10.2. The van der Waals surface area contributed by atoms with Crippen LogP contribution in [0.5, 0.6) is 11.5 Å². The summed E-state index contributed by atoms with van der Waals surface area (Å²) < 4.78 is 11.5. The summed E-state index contributed by atoms with van der Waals surface area (Å²) in [6.07, 6.45) is 1.47. The van der Waals surface area contributed by atoms with Crippen molar-refractivity contribution in [3.05, 3.63) is 93.4 Å². The number of ether oxygens (including phenoxy) is 2. The molecular formula is C22H16BrClN2O4. The molecule has 8 heteroatoms. The largest absolute Gasteiger partial charge is 0.482 e. The standard InChI is InChI=1S/C22H16BrClN2O4/c23-17-5-3-4-16(12-17)22(28)30-18-10-8-15(9-11-18)13-25-26-21(27)14-29-20-7-2-1-6-19(20)24/h1-13H,14H2,(H,26,27)/b25-13-. The molecule has 6 nitrogen and oxygen atoms in total. The predicted octanol–water partition coefficient (Wildman–Crippen LogP) is 4.85. The zero-order valence-electron chi connectivity index (χ0n) is 15.5. The van der Waals surface area contributed by atoms with Gasteiger partial charge in [0.1, 0.15) is 11.5 Å². The molecule has 0 fully saturated rings. The van der Waals surface area contributed by atoms with Crippen LogP contribution in [0, 0.1) is 0 Å². The highest BCUT2D eigenvalue weighted by Crippen LogP contribution is 2.22. The first kappa shape index (κ1) is 21.5. The molecule has 0 spiro atoms. The lowest BCUT2D eigenvalue weighted by Crippen LogP contribution is -2.24. The molecule has 0 aliphatic carbocycles. The fourth-order valence-corrected chi connectivity index (χ4v) is 2.91. The Bertz CT molecular complexity index is 1070. The van der Waals surface area contributed by atoms with Crippen molar-refractivity contribution in [2.24, 2.45) is 5.10 Å². The maximum Gasteiger partial charge on any atom is 0.343 e. The number of halogens is 2. The highest BCUT2D eigenvalue weighted by atomic mass is 79.9. The number of carbonyl (C=O) groups is 2. The molecule has 0 aromatic heterocycles. The second-order valence-corrected chi connectivity index (χ2v) is 7.30. The summed E-state index contributed by atoms with van der Waals surface area (Å²) in [6, 6.07) is 20.5. The molecule has 0 bridgehead atoms. The van der Waals surface area contributed by atoms with Gasteiger partial charge in [0.25, 0.3) is 5.91 Å². The highest BCUT2D eigenvalue weighted by molar-refractivity contribution is 9.10. The maximum absolute atomic E-state index is 12.1. The number of hydrogen-bond acceptors (Lipinski definition) is 5. The molecule has 30 heavy (non-hydrogen) atoms. The number of rotatable bonds is 7. The summed E-state index contributed by atoms with van der Waals surface area (Å²) >= 11 is 9.28. The van der Waals surface area contributed by atoms with E-state index in [9.17, 15) is 9.59 Å². The molecule has 0 saturated heterocycles. The molecule has 1 N–H and O–H groups in total. The number of benzene rings is 3. The van der Waals surface area contributed by atoms with Crippen molar-refractivity contribution in [3.8, 4) is 11.5 Å². The summed E-state index contributed by atoms with van der Waals surface area (Å²) in [7, 11) is 0. The van der Waals surface area contributed by atoms with Gasteiger partial charge in [0.15, 0.2) is 6.61 Å². The van der Waals surface area contributed by atoms with E-state index in [2.05, 4.69) is 26.5 Å². The van der Waals surface area contributed by atoms with Gasteiger partial charge in [-0.25, -0.2) is 10.2 Å². The quantitative estimate of drug-likeness (QED) is 0.224. The van der Waals surface area contributed by atoms with E-state index in [0.717, 1.165) is 4.47 Å². The molecule has 0 heterocycles. The Balaban J connectivity index is 1.48. The fourth-order valence-electron chi connectivity index (χ4n) is 2.32. The van der Waals surface area contributed by atoms with Gasteiger partial charge in [-0.05, 0) is 60.2 Å². The minimum absolute atomic E-state index is 0.217. The molecule has 3 aromatic carbocycles. The molecule has 0 atom stereocenters. The molecule has 0 unspecified atom stereocenters. The average Bonchev–Trinajstić information content (AvgIpc) is 2.74. The highest BCUT2D eigenvalue weighted by Gasteiger charge is 2.09. The molecule has 152 valence electrons. The van der Waals surface area contributed by atoms with E-state index in [1.807, 2.05) is 6.07 Å². The van der Waals surface area contributed by atoms with Crippen LogP contribution in [0.3, 0.4) is 0 Å². The first-order valence-corrected chi connectivity index (χ1v) is 9.95. The Kier molecular flexibility index (Phi) is 7.59. The van der Waals surface area contributed by atoms with Crippen LogP contribution in [0.1, 0.15) is 15.9 Å². The van der Waals surface area contributed by atoms with Crippen LogP contribution in [-0.2, 0) is 4.79 Å². The van der Waals surface area contributed by atoms with Gasteiger partial charge in [0.05, 0.1) is 16.8 Å². The van der Waals surface area contributed by atoms with Crippen LogP contribution in [0.4, 0.5) is 0 Å². The third-order valence-corrected chi connectivity index (χ3v) is 4.55. The fraction of sp³-hybridized carbons (Fsp3) is 0.0455. The number of para-hydroxylation sites is 1. The van der Waals surface area contributed by atoms with Crippen molar-refractivity contribution in [2.45, 2.75) is 0 Å². The van der Waals surface area contributed by atoms with Crippen molar-refractivity contribution in [3.63, 3.8) is 0 Å². The Morgan fingerprint density at radius 1 is 1.03 bits per heavy atom. The van der Waals surface area contributed by atoms with Gasteiger partial charge < -0.3 is 9.47 Å². The Morgan fingerprint density at radius 2 is 1.80 bits per heavy atom. The van der Waals surface area contributed by atoms with Crippen LogP contribution < -0.4 is 14.9 Å². The minimum atomic E-state index is -0.455. The molecule has 0 aliphatic rings. The molecule has 3 aromatic rings. The third kappa shape index (κ3) is 6.43. The van der Waals surface area contributed by atoms with Gasteiger partial charge in [-0.15, -0.1) is 0 Å². The molecule has 0 aliphatic heterocycles. The number of amides is 1. The number of nitrogens with zero attached hydrogens (tertiary/aromatic N) is 1. The number of carbonyl (C=O) groups excluding carboxylic acids is 2. The number of hydrogen-bond donors (Lipinski definition) is 1. The van der Waals surface area contributed by atoms with E-state index in [1.165, 1.54) is 6.21 Å². The van der Waals surface area contributed by atoms with Crippen LogP contribution in [0.2, 0.25) is 5.02 Å². The maximum atomic E-state index is 12.1. The molecular weight excluding hydrogens is 472 g/mol. The zero-order chi connectivity index (χ0) is 21.3. The Hall–Kier alpha value is -3.16. The summed E-state index contributed by atoms with van der Waals surface area (Å²) in [5.41, 5.74) is 3.52. The van der Waals surface area contributed by atoms with E-state index >= 15 is 0 Å².